The molecule has 0 bridgehead atoms. The summed E-state index contributed by atoms with van der Waals surface area (Å²) in [5, 5.41) is 4.36. The molecule has 0 unspecified atom stereocenters. The standard InChI is InChI=1S/C24H29N3O2/c1-18-15-20-7-3-4-8-22(20)27(18)17-24(28)25-16-23(26-13-5-6-14-26)19-9-11-21(29-2)12-10-19/h3-4,7-12,15,23H,5-6,13-14,16-17H2,1-2H3,(H,25,28)/t23-/m0/s1. The molecule has 4 rings (SSSR count). The van der Waals surface area contributed by atoms with Gasteiger partial charge in [-0.05, 0) is 68.1 Å². The second-order valence-electron chi connectivity index (χ2n) is 7.77. The molecule has 0 spiro atoms. The van der Waals surface area contributed by atoms with Gasteiger partial charge in [-0.1, -0.05) is 30.3 Å². The van der Waals surface area contributed by atoms with E-state index in [1.165, 1.54) is 23.8 Å². The van der Waals surface area contributed by atoms with Crippen molar-refractivity contribution in [3.05, 3.63) is 65.9 Å². The van der Waals surface area contributed by atoms with Crippen LogP contribution in [0.4, 0.5) is 0 Å². The topological polar surface area (TPSA) is 46.5 Å². The Hall–Kier alpha value is -2.79. The van der Waals surface area contributed by atoms with Gasteiger partial charge in [0, 0.05) is 17.8 Å². The molecular weight excluding hydrogens is 362 g/mol. The summed E-state index contributed by atoms with van der Waals surface area (Å²) in [5.74, 6) is 0.903. The van der Waals surface area contributed by atoms with Crippen molar-refractivity contribution in [3.8, 4) is 5.75 Å². The highest BCUT2D eigenvalue weighted by Crippen LogP contribution is 2.26. The molecule has 0 saturated carbocycles. The van der Waals surface area contributed by atoms with Crippen molar-refractivity contribution in [1.82, 2.24) is 14.8 Å². The minimum absolute atomic E-state index is 0.0483. The second kappa shape index (κ2) is 8.70. The van der Waals surface area contributed by atoms with E-state index >= 15 is 0 Å². The number of nitrogens with one attached hydrogen (secondary N) is 1. The van der Waals surface area contributed by atoms with Gasteiger partial charge in [-0.25, -0.2) is 0 Å². The smallest absolute Gasteiger partial charge is 0.240 e. The first-order valence-electron chi connectivity index (χ1n) is 10.4. The molecule has 1 aliphatic heterocycles. The van der Waals surface area contributed by atoms with Crippen molar-refractivity contribution in [2.45, 2.75) is 32.4 Å². The summed E-state index contributed by atoms with van der Waals surface area (Å²) >= 11 is 0. The number of ether oxygens (including phenoxy) is 1. The molecule has 1 aliphatic rings. The number of rotatable bonds is 7. The zero-order valence-corrected chi connectivity index (χ0v) is 17.2. The van der Waals surface area contributed by atoms with Gasteiger partial charge < -0.3 is 14.6 Å². The van der Waals surface area contributed by atoms with Crippen molar-refractivity contribution in [1.29, 1.82) is 0 Å². The maximum atomic E-state index is 12.8. The third kappa shape index (κ3) is 4.30. The molecule has 1 amide bonds. The normalized spacial score (nSPS) is 15.5. The molecule has 1 atom stereocenters. The highest BCUT2D eigenvalue weighted by molar-refractivity contribution is 5.84. The number of hydrogen-bond donors (Lipinski definition) is 1. The number of carbonyl (C=O) groups excluding carboxylic acids is 1. The first-order chi connectivity index (χ1) is 14.2. The number of methoxy groups -OCH3 is 1. The van der Waals surface area contributed by atoms with Gasteiger partial charge in [-0.3, -0.25) is 9.69 Å². The third-order valence-electron chi connectivity index (χ3n) is 5.89. The molecule has 1 aromatic heterocycles. The summed E-state index contributed by atoms with van der Waals surface area (Å²) < 4.78 is 7.38. The number of fused-ring (bicyclic) bond motifs is 1. The fraction of sp³-hybridized carbons (Fsp3) is 0.375. The van der Waals surface area contributed by atoms with E-state index in [0.717, 1.165) is 30.0 Å². The van der Waals surface area contributed by atoms with Crippen LogP contribution in [0.5, 0.6) is 5.75 Å². The molecule has 1 N–H and O–H groups in total. The van der Waals surface area contributed by atoms with Crippen molar-refractivity contribution in [2.75, 3.05) is 26.7 Å². The SMILES string of the molecule is COc1ccc([C@H](CNC(=O)Cn2c(C)cc3ccccc32)N2CCCC2)cc1. The predicted octanol–water partition coefficient (Wildman–Crippen LogP) is 3.91. The number of likely N-dealkylation sites (tertiary alicyclic amines) is 1. The summed E-state index contributed by atoms with van der Waals surface area (Å²) in [6.07, 6.45) is 2.43. The third-order valence-corrected chi connectivity index (χ3v) is 5.89. The van der Waals surface area contributed by atoms with Crippen molar-refractivity contribution in [3.63, 3.8) is 0 Å². The number of hydrogen-bond acceptors (Lipinski definition) is 3. The first-order valence-corrected chi connectivity index (χ1v) is 10.4. The first kappa shape index (κ1) is 19.5. The Balaban J connectivity index is 1.46. The number of para-hydroxylation sites is 1. The van der Waals surface area contributed by atoms with Gasteiger partial charge in [0.25, 0.3) is 0 Å². The Morgan fingerprint density at radius 2 is 1.83 bits per heavy atom. The quantitative estimate of drug-likeness (QED) is 0.664. The van der Waals surface area contributed by atoms with Crippen LogP contribution in [0, 0.1) is 6.92 Å². The molecule has 0 radical (unpaired) electrons. The van der Waals surface area contributed by atoms with E-state index in [4.69, 9.17) is 4.74 Å². The number of carbonyl (C=O) groups is 1. The molecule has 1 fully saturated rings. The van der Waals surface area contributed by atoms with Gasteiger partial charge in [0.05, 0.1) is 13.2 Å². The molecular formula is C24H29N3O2. The maximum absolute atomic E-state index is 12.8. The zero-order valence-electron chi connectivity index (χ0n) is 17.2. The summed E-state index contributed by atoms with van der Waals surface area (Å²) in [4.78, 5) is 15.3. The van der Waals surface area contributed by atoms with Gasteiger partial charge in [0.1, 0.15) is 12.3 Å². The van der Waals surface area contributed by atoms with Gasteiger partial charge in [0.15, 0.2) is 0 Å². The fourth-order valence-corrected chi connectivity index (χ4v) is 4.31. The van der Waals surface area contributed by atoms with Crippen LogP contribution < -0.4 is 10.1 Å². The van der Waals surface area contributed by atoms with Crippen LogP contribution in [-0.4, -0.2) is 42.1 Å². The Kier molecular flexibility index (Phi) is 5.86. The van der Waals surface area contributed by atoms with E-state index in [-0.39, 0.29) is 11.9 Å². The Morgan fingerprint density at radius 1 is 1.10 bits per heavy atom. The van der Waals surface area contributed by atoms with E-state index in [9.17, 15) is 4.79 Å². The summed E-state index contributed by atoms with van der Waals surface area (Å²) in [6.45, 7) is 5.16. The van der Waals surface area contributed by atoms with Crippen LogP contribution in [0.15, 0.2) is 54.6 Å². The lowest BCUT2D eigenvalue weighted by atomic mass is 10.1. The lowest BCUT2D eigenvalue weighted by molar-refractivity contribution is -0.121. The Morgan fingerprint density at radius 3 is 2.55 bits per heavy atom. The average molecular weight is 392 g/mol. The van der Waals surface area contributed by atoms with Gasteiger partial charge in [-0.15, -0.1) is 0 Å². The van der Waals surface area contributed by atoms with Gasteiger partial charge >= 0.3 is 0 Å². The summed E-state index contributed by atoms with van der Waals surface area (Å²) in [6, 6.07) is 18.7. The largest absolute Gasteiger partial charge is 0.497 e. The van der Waals surface area contributed by atoms with Crippen LogP contribution in [0.3, 0.4) is 0 Å². The highest BCUT2D eigenvalue weighted by Gasteiger charge is 2.24. The predicted molar refractivity (Wildman–Crippen MR) is 116 cm³/mol. The van der Waals surface area contributed by atoms with Crippen LogP contribution in [0.2, 0.25) is 0 Å². The minimum atomic E-state index is 0.0483. The Labute approximate surface area is 172 Å². The molecule has 5 heteroatoms. The van der Waals surface area contributed by atoms with Crippen molar-refractivity contribution in [2.24, 2.45) is 0 Å². The monoisotopic (exact) mass is 391 g/mol. The Bertz CT molecular complexity index is 971. The number of amides is 1. The highest BCUT2D eigenvalue weighted by atomic mass is 16.5. The molecule has 2 aromatic carbocycles. The van der Waals surface area contributed by atoms with E-state index in [2.05, 4.69) is 52.0 Å². The number of benzene rings is 2. The summed E-state index contributed by atoms with van der Waals surface area (Å²) in [5.41, 5.74) is 3.43. The summed E-state index contributed by atoms with van der Waals surface area (Å²) in [7, 11) is 1.68. The lowest BCUT2D eigenvalue weighted by Gasteiger charge is -2.28. The van der Waals surface area contributed by atoms with Crippen LogP contribution in [0.25, 0.3) is 10.9 Å². The van der Waals surface area contributed by atoms with Crippen molar-refractivity contribution < 1.29 is 9.53 Å². The van der Waals surface area contributed by atoms with Crippen LogP contribution in [0.1, 0.15) is 30.1 Å². The van der Waals surface area contributed by atoms with E-state index < -0.39 is 0 Å². The van der Waals surface area contributed by atoms with Gasteiger partial charge in [-0.2, -0.15) is 0 Å². The second-order valence-corrected chi connectivity index (χ2v) is 7.77. The lowest BCUT2D eigenvalue weighted by Crippen LogP contribution is -2.38. The average Bonchev–Trinajstić information content (AvgIpc) is 3.37. The molecule has 29 heavy (non-hydrogen) atoms. The fourth-order valence-electron chi connectivity index (χ4n) is 4.31. The molecule has 5 nitrogen and oxygen atoms in total. The van der Waals surface area contributed by atoms with E-state index in [1.807, 2.05) is 24.3 Å². The number of aromatic nitrogens is 1. The number of nitrogens with zero attached hydrogens (tertiary/aromatic N) is 2. The molecule has 152 valence electrons. The van der Waals surface area contributed by atoms with E-state index in [1.54, 1.807) is 7.11 Å². The molecule has 1 saturated heterocycles. The maximum Gasteiger partial charge on any atom is 0.240 e. The molecule has 0 aliphatic carbocycles. The van der Waals surface area contributed by atoms with Crippen LogP contribution >= 0.6 is 0 Å². The zero-order chi connectivity index (χ0) is 20.2. The van der Waals surface area contributed by atoms with Crippen LogP contribution in [-0.2, 0) is 11.3 Å². The van der Waals surface area contributed by atoms with E-state index in [0.29, 0.717) is 13.1 Å². The number of aryl methyl sites for hydroxylation is 1. The minimum Gasteiger partial charge on any atom is -0.497 e. The molecule has 2 heterocycles. The molecule has 3 aromatic rings. The van der Waals surface area contributed by atoms with Crippen molar-refractivity contribution >= 4 is 16.8 Å². The van der Waals surface area contributed by atoms with Gasteiger partial charge in [0.2, 0.25) is 5.91 Å².